The van der Waals surface area contributed by atoms with E-state index < -0.39 is 0 Å². The van der Waals surface area contributed by atoms with Gasteiger partial charge in [-0.15, -0.1) is 11.3 Å². The maximum absolute atomic E-state index is 13.2. The number of aromatic nitrogens is 2. The Balaban J connectivity index is 1.24. The zero-order valence-electron chi connectivity index (χ0n) is 15.9. The van der Waals surface area contributed by atoms with Gasteiger partial charge in [-0.05, 0) is 36.4 Å². The maximum Gasteiger partial charge on any atom is 0.264 e. The van der Waals surface area contributed by atoms with Gasteiger partial charge in [-0.2, -0.15) is 0 Å². The van der Waals surface area contributed by atoms with Crippen LogP contribution in [0.3, 0.4) is 0 Å². The molecule has 5 heterocycles. The normalized spacial score (nSPS) is 19.9. The summed E-state index contributed by atoms with van der Waals surface area (Å²) in [5.41, 5.74) is 0.916. The summed E-state index contributed by atoms with van der Waals surface area (Å²) in [6, 6.07) is 7.25. The number of thiophene rings is 1. The molecular formula is C20H21N5O2S2. The van der Waals surface area contributed by atoms with Crippen LogP contribution in [-0.4, -0.2) is 70.3 Å². The molecule has 2 aliphatic heterocycles. The molecule has 2 amide bonds. The molecule has 9 heteroatoms. The van der Waals surface area contributed by atoms with Crippen LogP contribution < -0.4 is 4.90 Å². The van der Waals surface area contributed by atoms with E-state index in [1.54, 1.807) is 22.4 Å². The number of carbonyl (C=O) groups excluding carboxylic acids is 2. The Morgan fingerprint density at radius 3 is 2.69 bits per heavy atom. The van der Waals surface area contributed by atoms with Crippen molar-refractivity contribution in [2.24, 2.45) is 0 Å². The number of amides is 2. The molecule has 2 saturated heterocycles. The molecule has 2 fully saturated rings. The predicted molar refractivity (Wildman–Crippen MR) is 115 cm³/mol. The Labute approximate surface area is 176 Å². The summed E-state index contributed by atoms with van der Waals surface area (Å²) >= 11 is 3.02. The van der Waals surface area contributed by atoms with Crippen LogP contribution in [0.1, 0.15) is 22.5 Å². The van der Waals surface area contributed by atoms with Crippen molar-refractivity contribution in [2.75, 3.05) is 37.6 Å². The molecule has 3 aromatic rings. The molecule has 0 radical (unpaired) electrons. The lowest BCUT2D eigenvalue weighted by atomic mass is 10.1. The first-order valence-corrected chi connectivity index (χ1v) is 11.5. The standard InChI is InChI=1S/C20H21N5O2S2/c26-18(15-5-2-8-25(15)19(27)16-6-3-13-28-16)23-9-11-24(12-10-23)20-22-14-4-1-7-21-17(14)29-20/h1,3-4,6-7,13,15H,2,5,8-12H2/t15-/m0/s1. The van der Waals surface area contributed by atoms with Gasteiger partial charge in [0.15, 0.2) is 5.13 Å². The van der Waals surface area contributed by atoms with E-state index in [0.717, 1.165) is 41.4 Å². The summed E-state index contributed by atoms with van der Waals surface area (Å²) in [6.07, 6.45) is 3.41. The second-order valence-corrected chi connectivity index (χ2v) is 9.17. The molecular weight excluding hydrogens is 406 g/mol. The first-order valence-electron chi connectivity index (χ1n) is 9.80. The number of carbonyl (C=O) groups is 2. The van der Waals surface area contributed by atoms with Gasteiger partial charge >= 0.3 is 0 Å². The van der Waals surface area contributed by atoms with Gasteiger partial charge in [-0.1, -0.05) is 17.4 Å². The zero-order chi connectivity index (χ0) is 19.8. The Hall–Kier alpha value is -2.52. The van der Waals surface area contributed by atoms with Crippen molar-refractivity contribution >= 4 is 50.0 Å². The van der Waals surface area contributed by atoms with Crippen LogP contribution in [0.5, 0.6) is 0 Å². The first-order chi connectivity index (χ1) is 14.2. The summed E-state index contributed by atoms with van der Waals surface area (Å²) in [5.74, 6) is 0.0643. The number of piperazine rings is 1. The maximum atomic E-state index is 13.2. The second kappa shape index (κ2) is 7.72. The summed E-state index contributed by atoms with van der Waals surface area (Å²) in [6.45, 7) is 3.46. The molecule has 3 aromatic heterocycles. The lowest BCUT2D eigenvalue weighted by Crippen LogP contribution is -2.54. The number of hydrogen-bond donors (Lipinski definition) is 0. The zero-order valence-corrected chi connectivity index (χ0v) is 17.5. The number of rotatable bonds is 3. The van der Waals surface area contributed by atoms with Gasteiger partial charge in [0.05, 0.1) is 4.88 Å². The molecule has 1 atom stereocenters. The molecule has 0 spiro atoms. The van der Waals surface area contributed by atoms with E-state index in [-0.39, 0.29) is 17.9 Å². The summed E-state index contributed by atoms with van der Waals surface area (Å²) in [5, 5.41) is 2.86. The fraction of sp³-hybridized carbons (Fsp3) is 0.400. The highest BCUT2D eigenvalue weighted by Crippen LogP contribution is 2.28. The Bertz CT molecular complexity index is 994. The minimum atomic E-state index is -0.331. The van der Waals surface area contributed by atoms with Gasteiger partial charge in [-0.3, -0.25) is 9.59 Å². The molecule has 0 unspecified atom stereocenters. The van der Waals surface area contributed by atoms with Crippen molar-refractivity contribution in [2.45, 2.75) is 18.9 Å². The fourth-order valence-corrected chi connectivity index (χ4v) is 5.67. The molecule has 0 aromatic carbocycles. The van der Waals surface area contributed by atoms with Crippen molar-refractivity contribution in [3.8, 4) is 0 Å². The number of hydrogen-bond acceptors (Lipinski definition) is 7. The minimum absolute atomic E-state index is 0.0172. The third-order valence-corrected chi connectivity index (χ3v) is 7.45. The lowest BCUT2D eigenvalue weighted by molar-refractivity contribution is -0.135. The summed E-state index contributed by atoms with van der Waals surface area (Å²) in [4.78, 5) is 42.5. The molecule has 7 nitrogen and oxygen atoms in total. The van der Waals surface area contributed by atoms with Crippen LogP contribution in [0, 0.1) is 0 Å². The van der Waals surface area contributed by atoms with E-state index in [2.05, 4.69) is 14.9 Å². The van der Waals surface area contributed by atoms with Crippen LogP contribution in [0.25, 0.3) is 10.3 Å². The topological polar surface area (TPSA) is 69.6 Å². The van der Waals surface area contributed by atoms with Gasteiger partial charge in [0.2, 0.25) is 5.91 Å². The van der Waals surface area contributed by atoms with Crippen LogP contribution >= 0.6 is 22.7 Å². The predicted octanol–water partition coefficient (Wildman–Crippen LogP) is 2.71. The fourth-order valence-electron chi connectivity index (χ4n) is 4.03. The van der Waals surface area contributed by atoms with Gasteiger partial charge in [0.1, 0.15) is 16.4 Å². The molecule has 0 N–H and O–H groups in total. The van der Waals surface area contributed by atoms with Gasteiger partial charge in [-0.25, -0.2) is 9.97 Å². The number of nitrogens with zero attached hydrogens (tertiary/aromatic N) is 5. The lowest BCUT2D eigenvalue weighted by Gasteiger charge is -2.37. The van der Waals surface area contributed by atoms with Crippen LogP contribution in [-0.2, 0) is 4.79 Å². The highest BCUT2D eigenvalue weighted by molar-refractivity contribution is 7.21. The van der Waals surface area contributed by atoms with E-state index in [1.807, 2.05) is 34.5 Å². The van der Waals surface area contributed by atoms with E-state index in [4.69, 9.17) is 0 Å². The van der Waals surface area contributed by atoms with Gasteiger partial charge in [0.25, 0.3) is 5.91 Å². The van der Waals surface area contributed by atoms with E-state index in [9.17, 15) is 9.59 Å². The molecule has 2 aliphatic rings. The second-order valence-electron chi connectivity index (χ2n) is 7.27. The molecule has 0 bridgehead atoms. The highest BCUT2D eigenvalue weighted by atomic mass is 32.1. The summed E-state index contributed by atoms with van der Waals surface area (Å²) < 4.78 is 0. The summed E-state index contributed by atoms with van der Waals surface area (Å²) in [7, 11) is 0. The highest BCUT2D eigenvalue weighted by Gasteiger charge is 2.38. The van der Waals surface area contributed by atoms with E-state index in [1.165, 1.54) is 11.3 Å². The van der Waals surface area contributed by atoms with Crippen molar-refractivity contribution in [1.82, 2.24) is 19.8 Å². The quantitative estimate of drug-likeness (QED) is 0.643. The Morgan fingerprint density at radius 2 is 1.93 bits per heavy atom. The molecule has 5 rings (SSSR count). The Morgan fingerprint density at radius 1 is 1.07 bits per heavy atom. The number of anilines is 1. The molecule has 0 saturated carbocycles. The van der Waals surface area contributed by atoms with E-state index in [0.29, 0.717) is 24.5 Å². The first kappa shape index (κ1) is 18.5. The van der Waals surface area contributed by atoms with Crippen molar-refractivity contribution < 1.29 is 9.59 Å². The van der Waals surface area contributed by atoms with Crippen molar-refractivity contribution in [1.29, 1.82) is 0 Å². The smallest absolute Gasteiger partial charge is 0.264 e. The minimum Gasteiger partial charge on any atom is -0.344 e. The number of fused-ring (bicyclic) bond motifs is 1. The van der Waals surface area contributed by atoms with Crippen LogP contribution in [0.4, 0.5) is 5.13 Å². The molecule has 150 valence electrons. The number of pyridine rings is 1. The average molecular weight is 428 g/mol. The van der Waals surface area contributed by atoms with E-state index >= 15 is 0 Å². The van der Waals surface area contributed by atoms with Crippen LogP contribution in [0.2, 0.25) is 0 Å². The third kappa shape index (κ3) is 3.49. The number of likely N-dealkylation sites (tertiary alicyclic amines) is 1. The SMILES string of the molecule is O=C([C@@H]1CCCN1C(=O)c1cccs1)N1CCN(c2nc3cccnc3s2)CC1. The van der Waals surface area contributed by atoms with Gasteiger partial charge < -0.3 is 14.7 Å². The number of thiazole rings is 1. The average Bonchev–Trinajstić information content (AvgIpc) is 3.53. The molecule has 0 aliphatic carbocycles. The molecule has 29 heavy (non-hydrogen) atoms. The third-order valence-electron chi connectivity index (χ3n) is 5.55. The monoisotopic (exact) mass is 427 g/mol. The van der Waals surface area contributed by atoms with Gasteiger partial charge in [0, 0.05) is 38.9 Å². The van der Waals surface area contributed by atoms with Crippen molar-refractivity contribution in [3.63, 3.8) is 0 Å². The largest absolute Gasteiger partial charge is 0.344 e. The van der Waals surface area contributed by atoms with Crippen molar-refractivity contribution in [3.05, 3.63) is 40.7 Å². The Kier molecular flexibility index (Phi) is 4.92. The van der Waals surface area contributed by atoms with Crippen LogP contribution in [0.15, 0.2) is 35.8 Å².